The van der Waals surface area contributed by atoms with E-state index in [1.807, 2.05) is 0 Å². The number of rotatable bonds is 5. The third kappa shape index (κ3) is 3.06. The number of nitrogens with one attached hydrogen (secondary N) is 1. The van der Waals surface area contributed by atoms with E-state index in [0.29, 0.717) is 0 Å². The second-order valence-electron chi connectivity index (χ2n) is 3.78. The normalized spacial score (nSPS) is 10.2. The van der Waals surface area contributed by atoms with Crippen LogP contribution in [0.1, 0.15) is 37.8 Å². The maximum absolute atomic E-state index is 3.39. The molecule has 0 unspecified atom stereocenters. The molecule has 1 N–H and O–H groups in total. The third-order valence-corrected chi connectivity index (χ3v) is 2.49. The molecule has 0 aromatic heterocycles. The Morgan fingerprint density at radius 2 is 2.00 bits per heavy atom. The van der Waals surface area contributed by atoms with E-state index in [1.54, 1.807) is 0 Å². The molecule has 0 aliphatic rings. The van der Waals surface area contributed by atoms with Crippen molar-refractivity contribution in [2.75, 3.05) is 11.9 Å². The van der Waals surface area contributed by atoms with Crippen LogP contribution in [0.5, 0.6) is 0 Å². The molecule has 1 rings (SSSR count). The highest BCUT2D eigenvalue weighted by Gasteiger charge is 1.98. The Hall–Kier alpha value is -0.980. The van der Waals surface area contributed by atoms with Gasteiger partial charge in [0.25, 0.3) is 0 Å². The smallest absolute Gasteiger partial charge is 0.0372 e. The summed E-state index contributed by atoms with van der Waals surface area (Å²) in [4.78, 5) is 0. The van der Waals surface area contributed by atoms with Crippen molar-refractivity contribution in [1.29, 1.82) is 0 Å². The summed E-state index contributed by atoms with van der Waals surface area (Å²) in [5, 5.41) is 3.39. The van der Waals surface area contributed by atoms with Crippen molar-refractivity contribution >= 4 is 5.69 Å². The molecule has 0 amide bonds. The molecule has 0 radical (unpaired) electrons. The van der Waals surface area contributed by atoms with Gasteiger partial charge in [-0.1, -0.05) is 25.5 Å². The van der Waals surface area contributed by atoms with E-state index in [9.17, 15) is 0 Å². The predicted molar refractivity (Wildman–Crippen MR) is 64.0 cm³/mol. The monoisotopic (exact) mass is 191 g/mol. The van der Waals surface area contributed by atoms with Crippen molar-refractivity contribution in [1.82, 2.24) is 0 Å². The zero-order valence-electron chi connectivity index (χ0n) is 9.56. The van der Waals surface area contributed by atoms with E-state index in [0.717, 1.165) is 6.54 Å². The average molecular weight is 191 g/mol. The first-order valence-electron chi connectivity index (χ1n) is 5.61. The van der Waals surface area contributed by atoms with Crippen LogP contribution in [0.15, 0.2) is 18.2 Å². The third-order valence-electron chi connectivity index (χ3n) is 2.49. The molecule has 1 nitrogen and oxygen atoms in total. The van der Waals surface area contributed by atoms with Crippen LogP contribution < -0.4 is 5.32 Å². The minimum atomic E-state index is 0.998. The van der Waals surface area contributed by atoms with E-state index < -0.39 is 0 Å². The Morgan fingerprint density at radius 1 is 1.21 bits per heavy atom. The molecule has 0 fully saturated rings. The van der Waals surface area contributed by atoms with Gasteiger partial charge >= 0.3 is 0 Å². The van der Waals surface area contributed by atoms with Crippen LogP contribution in [0.2, 0.25) is 0 Å². The largest absolute Gasteiger partial charge is 0.385 e. The summed E-state index contributed by atoms with van der Waals surface area (Å²) in [6.45, 7) is 7.53. The molecule has 1 heteroatoms. The predicted octanol–water partition coefficient (Wildman–Crippen LogP) is 3.77. The first-order valence-corrected chi connectivity index (χ1v) is 5.61. The summed E-state index contributed by atoms with van der Waals surface area (Å²) >= 11 is 0. The Balaban J connectivity index is 2.72. The molecule has 14 heavy (non-hydrogen) atoms. The van der Waals surface area contributed by atoms with Gasteiger partial charge in [0, 0.05) is 12.2 Å². The van der Waals surface area contributed by atoms with Gasteiger partial charge in [0.05, 0.1) is 0 Å². The van der Waals surface area contributed by atoms with Crippen LogP contribution in [-0.4, -0.2) is 6.54 Å². The van der Waals surface area contributed by atoms with Gasteiger partial charge in [-0.3, -0.25) is 0 Å². The van der Waals surface area contributed by atoms with Crippen LogP contribution in [0, 0.1) is 6.92 Å². The molecule has 0 aliphatic carbocycles. The molecule has 0 atom stereocenters. The topological polar surface area (TPSA) is 12.0 Å². The Kier molecular flexibility index (Phi) is 4.51. The molecule has 1 aromatic rings. The van der Waals surface area contributed by atoms with Gasteiger partial charge in [-0.25, -0.2) is 0 Å². The molecule has 1 aromatic carbocycles. The number of anilines is 1. The second kappa shape index (κ2) is 5.69. The molecule has 0 aliphatic heterocycles. The SMILES string of the molecule is CCCCc1ccc(C)c(NCC)c1. The van der Waals surface area contributed by atoms with E-state index in [2.05, 4.69) is 44.3 Å². The lowest BCUT2D eigenvalue weighted by Crippen LogP contribution is -1.99. The first kappa shape index (κ1) is 11.1. The summed E-state index contributed by atoms with van der Waals surface area (Å²) in [6, 6.07) is 6.74. The zero-order chi connectivity index (χ0) is 10.4. The number of hydrogen-bond acceptors (Lipinski definition) is 1. The van der Waals surface area contributed by atoms with Gasteiger partial charge in [0.15, 0.2) is 0 Å². The van der Waals surface area contributed by atoms with Gasteiger partial charge < -0.3 is 5.32 Å². The summed E-state index contributed by atoms with van der Waals surface area (Å²) in [7, 11) is 0. The molecule has 0 bridgehead atoms. The van der Waals surface area contributed by atoms with Crippen LogP contribution >= 0.6 is 0 Å². The Morgan fingerprint density at radius 3 is 2.64 bits per heavy atom. The van der Waals surface area contributed by atoms with Crippen LogP contribution in [0.3, 0.4) is 0 Å². The van der Waals surface area contributed by atoms with E-state index in [-0.39, 0.29) is 0 Å². The van der Waals surface area contributed by atoms with E-state index >= 15 is 0 Å². The molecular formula is C13H21N. The summed E-state index contributed by atoms with van der Waals surface area (Å²) in [6.07, 6.45) is 3.76. The van der Waals surface area contributed by atoms with Crippen molar-refractivity contribution in [3.8, 4) is 0 Å². The first-order chi connectivity index (χ1) is 6.77. The number of hydrogen-bond donors (Lipinski definition) is 1. The van der Waals surface area contributed by atoms with Crippen molar-refractivity contribution < 1.29 is 0 Å². The van der Waals surface area contributed by atoms with Crippen molar-refractivity contribution in [2.24, 2.45) is 0 Å². The van der Waals surface area contributed by atoms with E-state index in [1.165, 1.54) is 36.1 Å². The maximum Gasteiger partial charge on any atom is 0.0372 e. The van der Waals surface area contributed by atoms with Crippen molar-refractivity contribution in [2.45, 2.75) is 40.0 Å². The Labute approximate surface area is 87.5 Å². The lowest BCUT2D eigenvalue weighted by Gasteiger charge is -2.09. The lowest BCUT2D eigenvalue weighted by molar-refractivity contribution is 0.795. The van der Waals surface area contributed by atoms with Crippen LogP contribution in [-0.2, 0) is 6.42 Å². The molecule has 78 valence electrons. The second-order valence-corrected chi connectivity index (χ2v) is 3.78. The highest BCUT2D eigenvalue weighted by Crippen LogP contribution is 2.17. The molecule has 0 saturated heterocycles. The van der Waals surface area contributed by atoms with Gasteiger partial charge in [-0.15, -0.1) is 0 Å². The van der Waals surface area contributed by atoms with Gasteiger partial charge in [0.2, 0.25) is 0 Å². The zero-order valence-corrected chi connectivity index (χ0v) is 9.56. The standard InChI is InChI=1S/C13H21N/c1-4-6-7-12-9-8-11(3)13(10-12)14-5-2/h8-10,14H,4-7H2,1-3H3. The van der Waals surface area contributed by atoms with Gasteiger partial charge in [0.1, 0.15) is 0 Å². The summed E-state index contributed by atoms with van der Waals surface area (Å²) < 4.78 is 0. The quantitative estimate of drug-likeness (QED) is 0.747. The van der Waals surface area contributed by atoms with Gasteiger partial charge in [-0.05, 0) is 43.9 Å². The summed E-state index contributed by atoms with van der Waals surface area (Å²) in [5.41, 5.74) is 4.08. The average Bonchev–Trinajstić information content (AvgIpc) is 2.19. The van der Waals surface area contributed by atoms with Crippen LogP contribution in [0.25, 0.3) is 0 Å². The number of unbranched alkanes of at least 4 members (excludes halogenated alkanes) is 1. The molecule has 0 heterocycles. The van der Waals surface area contributed by atoms with Gasteiger partial charge in [-0.2, -0.15) is 0 Å². The highest BCUT2D eigenvalue weighted by molar-refractivity contribution is 5.52. The molecule has 0 saturated carbocycles. The summed E-state index contributed by atoms with van der Waals surface area (Å²) in [5.74, 6) is 0. The fourth-order valence-corrected chi connectivity index (χ4v) is 1.59. The lowest BCUT2D eigenvalue weighted by atomic mass is 10.1. The fraction of sp³-hybridized carbons (Fsp3) is 0.538. The number of benzene rings is 1. The highest BCUT2D eigenvalue weighted by atomic mass is 14.9. The maximum atomic E-state index is 3.39. The molecule has 0 spiro atoms. The Bertz CT molecular complexity index is 279. The van der Waals surface area contributed by atoms with E-state index in [4.69, 9.17) is 0 Å². The van der Waals surface area contributed by atoms with Crippen molar-refractivity contribution in [3.05, 3.63) is 29.3 Å². The van der Waals surface area contributed by atoms with Crippen molar-refractivity contribution in [3.63, 3.8) is 0 Å². The minimum absolute atomic E-state index is 0.998. The van der Waals surface area contributed by atoms with Crippen LogP contribution in [0.4, 0.5) is 5.69 Å². The molecular weight excluding hydrogens is 170 g/mol. The fourth-order valence-electron chi connectivity index (χ4n) is 1.59. The minimum Gasteiger partial charge on any atom is -0.385 e. The number of aryl methyl sites for hydroxylation is 2.